The van der Waals surface area contributed by atoms with Crippen LogP contribution in [-0.2, 0) is 16.0 Å². The molecule has 0 fully saturated rings. The topological polar surface area (TPSA) is 39.2 Å². The molecule has 0 saturated heterocycles. The Morgan fingerprint density at radius 3 is 3.06 bits per heavy atom. The van der Waals surface area contributed by atoms with Gasteiger partial charge in [0.25, 0.3) is 0 Å². The molecule has 1 unspecified atom stereocenters. The number of carbonyl (C=O) groups excluding carboxylic acids is 1. The highest BCUT2D eigenvalue weighted by Gasteiger charge is 2.16. The minimum Gasteiger partial charge on any atom is -0.468 e. The van der Waals surface area contributed by atoms with Crippen LogP contribution < -0.4 is 0 Å². The van der Waals surface area contributed by atoms with Crippen molar-refractivity contribution < 1.29 is 9.53 Å². The number of aromatic nitrogens is 1. The zero-order chi connectivity index (χ0) is 12.3. The molecule has 17 heavy (non-hydrogen) atoms. The highest BCUT2D eigenvalue weighted by Crippen LogP contribution is 2.28. The van der Waals surface area contributed by atoms with Crippen molar-refractivity contribution in [1.29, 1.82) is 0 Å². The Kier molecular flexibility index (Phi) is 4.20. The van der Waals surface area contributed by atoms with Crippen molar-refractivity contribution in [3.05, 3.63) is 28.6 Å². The molecule has 0 radical (unpaired) electrons. The summed E-state index contributed by atoms with van der Waals surface area (Å²) in [5.74, 6) is -0.320. The number of nitrogens with zero attached hydrogens (tertiary/aromatic N) is 1. The van der Waals surface area contributed by atoms with E-state index in [2.05, 4.69) is 22.3 Å². The van der Waals surface area contributed by atoms with Crippen LogP contribution in [0.5, 0.6) is 0 Å². The SMILES string of the molecule is COC(=O)C(S)Cc1csc(-c2cccs2)n1. The summed E-state index contributed by atoms with van der Waals surface area (Å²) in [7, 11) is 1.36. The largest absolute Gasteiger partial charge is 0.468 e. The highest BCUT2D eigenvalue weighted by molar-refractivity contribution is 7.81. The van der Waals surface area contributed by atoms with Gasteiger partial charge in [0.2, 0.25) is 0 Å². The second-order valence-electron chi connectivity index (χ2n) is 3.36. The molecule has 0 N–H and O–H groups in total. The summed E-state index contributed by atoms with van der Waals surface area (Å²) < 4.78 is 4.63. The second-order valence-corrected chi connectivity index (χ2v) is 5.79. The number of thiol groups is 1. The third-order valence-corrected chi connectivity index (χ3v) is 4.48. The van der Waals surface area contributed by atoms with Crippen molar-refractivity contribution in [1.82, 2.24) is 4.98 Å². The van der Waals surface area contributed by atoms with E-state index < -0.39 is 5.25 Å². The normalized spacial score (nSPS) is 12.4. The predicted molar refractivity (Wildman–Crippen MR) is 73.9 cm³/mol. The number of methoxy groups -OCH3 is 1. The first-order valence-electron chi connectivity index (χ1n) is 4.95. The maximum atomic E-state index is 11.2. The Hall–Kier alpha value is -0.850. The van der Waals surface area contributed by atoms with Crippen LogP contribution in [0.15, 0.2) is 22.9 Å². The zero-order valence-corrected chi connectivity index (χ0v) is 11.6. The second kappa shape index (κ2) is 5.66. The maximum absolute atomic E-state index is 11.2. The van der Waals surface area contributed by atoms with Gasteiger partial charge in [-0.2, -0.15) is 12.6 Å². The lowest BCUT2D eigenvalue weighted by molar-refractivity contribution is -0.139. The van der Waals surface area contributed by atoms with Gasteiger partial charge in [-0.3, -0.25) is 4.79 Å². The number of rotatable bonds is 4. The van der Waals surface area contributed by atoms with Crippen LogP contribution in [0, 0.1) is 0 Å². The van der Waals surface area contributed by atoms with E-state index in [9.17, 15) is 4.79 Å². The van der Waals surface area contributed by atoms with Gasteiger partial charge in [-0.15, -0.1) is 22.7 Å². The van der Waals surface area contributed by atoms with Crippen molar-refractivity contribution in [3.8, 4) is 9.88 Å². The molecule has 0 saturated carbocycles. The Morgan fingerprint density at radius 1 is 1.59 bits per heavy atom. The summed E-state index contributed by atoms with van der Waals surface area (Å²) in [6.45, 7) is 0. The van der Waals surface area contributed by atoms with E-state index in [0.29, 0.717) is 6.42 Å². The molecule has 0 amide bonds. The van der Waals surface area contributed by atoms with Crippen LogP contribution in [0.1, 0.15) is 5.69 Å². The number of hydrogen-bond acceptors (Lipinski definition) is 6. The average Bonchev–Trinajstić information content (AvgIpc) is 2.97. The number of thiazole rings is 1. The van der Waals surface area contributed by atoms with E-state index in [1.165, 1.54) is 7.11 Å². The molecule has 0 aliphatic heterocycles. The van der Waals surface area contributed by atoms with Crippen LogP contribution >= 0.6 is 35.3 Å². The Morgan fingerprint density at radius 2 is 2.41 bits per heavy atom. The van der Waals surface area contributed by atoms with Gasteiger partial charge in [-0.05, 0) is 11.4 Å². The molecule has 2 aromatic heterocycles. The number of thiophene rings is 1. The van der Waals surface area contributed by atoms with Crippen LogP contribution in [0.2, 0.25) is 0 Å². The van der Waals surface area contributed by atoms with Crippen LogP contribution in [0.25, 0.3) is 9.88 Å². The molecule has 3 nitrogen and oxygen atoms in total. The van der Waals surface area contributed by atoms with Crippen molar-refractivity contribution in [2.45, 2.75) is 11.7 Å². The molecule has 0 aliphatic rings. The summed E-state index contributed by atoms with van der Waals surface area (Å²) in [6.07, 6.45) is 0.498. The van der Waals surface area contributed by atoms with Gasteiger partial charge in [0.15, 0.2) is 0 Å². The fraction of sp³-hybridized carbons (Fsp3) is 0.273. The molecule has 2 heterocycles. The van der Waals surface area contributed by atoms with E-state index in [0.717, 1.165) is 15.6 Å². The summed E-state index contributed by atoms with van der Waals surface area (Å²) in [4.78, 5) is 16.9. The van der Waals surface area contributed by atoms with Gasteiger partial charge in [0.05, 0.1) is 17.7 Å². The zero-order valence-electron chi connectivity index (χ0n) is 9.12. The molecule has 2 aromatic rings. The highest BCUT2D eigenvalue weighted by atomic mass is 32.1. The summed E-state index contributed by atoms with van der Waals surface area (Å²) in [6, 6.07) is 4.03. The van der Waals surface area contributed by atoms with Crippen molar-refractivity contribution >= 4 is 41.3 Å². The fourth-order valence-electron chi connectivity index (χ4n) is 1.33. The van der Waals surface area contributed by atoms with Gasteiger partial charge in [0, 0.05) is 11.8 Å². The summed E-state index contributed by atoms with van der Waals surface area (Å²) >= 11 is 7.43. The smallest absolute Gasteiger partial charge is 0.318 e. The number of carbonyl (C=O) groups is 1. The minimum atomic E-state index is -0.446. The lowest BCUT2D eigenvalue weighted by Crippen LogP contribution is -2.18. The minimum absolute atomic E-state index is 0.320. The molecular weight excluding hydrogens is 274 g/mol. The Labute approximate surface area is 113 Å². The number of ether oxygens (including phenoxy) is 1. The van der Waals surface area contributed by atoms with Gasteiger partial charge >= 0.3 is 5.97 Å². The summed E-state index contributed by atoms with van der Waals surface area (Å²) in [5, 5.41) is 4.52. The van der Waals surface area contributed by atoms with E-state index >= 15 is 0 Å². The van der Waals surface area contributed by atoms with Crippen LogP contribution in [0.4, 0.5) is 0 Å². The molecule has 90 valence electrons. The van der Waals surface area contributed by atoms with Gasteiger partial charge < -0.3 is 4.74 Å². The Balaban J connectivity index is 2.06. The van der Waals surface area contributed by atoms with Crippen LogP contribution in [-0.4, -0.2) is 23.3 Å². The van der Waals surface area contributed by atoms with E-state index in [1.807, 2.05) is 22.9 Å². The Bertz CT molecular complexity index is 493. The molecule has 2 rings (SSSR count). The molecule has 0 spiro atoms. The molecule has 6 heteroatoms. The van der Waals surface area contributed by atoms with Gasteiger partial charge in [-0.25, -0.2) is 4.98 Å². The third kappa shape index (κ3) is 3.08. The first-order valence-corrected chi connectivity index (χ1v) is 7.22. The molecular formula is C11H11NO2S3. The average molecular weight is 285 g/mol. The summed E-state index contributed by atoms with van der Waals surface area (Å²) in [5.41, 5.74) is 0.879. The lowest BCUT2D eigenvalue weighted by Gasteiger charge is -2.05. The van der Waals surface area contributed by atoms with Crippen LogP contribution in [0.3, 0.4) is 0 Å². The molecule has 0 aromatic carbocycles. The fourth-order valence-corrected chi connectivity index (χ4v) is 3.27. The van der Waals surface area contributed by atoms with E-state index in [-0.39, 0.29) is 5.97 Å². The maximum Gasteiger partial charge on any atom is 0.318 e. The molecule has 1 atom stereocenters. The lowest BCUT2D eigenvalue weighted by atomic mass is 10.2. The number of hydrogen-bond donors (Lipinski definition) is 1. The monoisotopic (exact) mass is 285 g/mol. The third-order valence-electron chi connectivity index (χ3n) is 2.16. The quantitative estimate of drug-likeness (QED) is 0.693. The van der Waals surface area contributed by atoms with Gasteiger partial charge in [0.1, 0.15) is 10.3 Å². The first-order chi connectivity index (χ1) is 8.20. The van der Waals surface area contributed by atoms with Crippen molar-refractivity contribution in [2.24, 2.45) is 0 Å². The standard InChI is InChI=1S/C11H11NO2S3/c1-14-11(13)8(15)5-7-6-17-10(12-7)9-3-2-4-16-9/h2-4,6,8,15H,5H2,1H3. The first kappa shape index (κ1) is 12.6. The van der Waals surface area contributed by atoms with E-state index in [1.54, 1.807) is 22.7 Å². The van der Waals surface area contributed by atoms with E-state index in [4.69, 9.17) is 0 Å². The predicted octanol–water partition coefficient (Wildman–Crippen LogP) is 2.89. The molecule has 0 aliphatic carbocycles. The number of esters is 1. The van der Waals surface area contributed by atoms with Crippen molar-refractivity contribution in [2.75, 3.05) is 7.11 Å². The molecule has 0 bridgehead atoms. The van der Waals surface area contributed by atoms with Crippen molar-refractivity contribution in [3.63, 3.8) is 0 Å². The van der Waals surface area contributed by atoms with Gasteiger partial charge in [-0.1, -0.05) is 6.07 Å².